The van der Waals surface area contributed by atoms with E-state index in [1.807, 2.05) is 6.08 Å². The van der Waals surface area contributed by atoms with Crippen LogP contribution in [0.5, 0.6) is 11.5 Å². The van der Waals surface area contributed by atoms with E-state index in [-0.39, 0.29) is 17.1 Å². The second-order valence-electron chi connectivity index (χ2n) is 7.16. The summed E-state index contributed by atoms with van der Waals surface area (Å²) in [5.74, 6) is 0.752. The van der Waals surface area contributed by atoms with Gasteiger partial charge in [0, 0.05) is 23.8 Å². The largest absolute Gasteiger partial charge is 0.504 e. The second kappa shape index (κ2) is 7.94. The van der Waals surface area contributed by atoms with E-state index in [1.165, 1.54) is 24.9 Å². The van der Waals surface area contributed by atoms with Gasteiger partial charge in [-0.2, -0.15) is 0 Å². The van der Waals surface area contributed by atoms with Gasteiger partial charge in [-0.1, -0.05) is 30.8 Å². The summed E-state index contributed by atoms with van der Waals surface area (Å²) in [5.41, 5.74) is 1.71. The van der Waals surface area contributed by atoms with E-state index in [1.54, 1.807) is 12.1 Å². The number of carbonyl (C=O) groups excluding carboxylic acids is 1. The van der Waals surface area contributed by atoms with Crippen LogP contribution in [0.15, 0.2) is 39.9 Å². The number of phenolic OH excluding ortho intramolecular Hbond substituents is 1. The summed E-state index contributed by atoms with van der Waals surface area (Å²) in [6, 6.07) is 4.95. The van der Waals surface area contributed by atoms with Crippen molar-refractivity contribution in [2.75, 3.05) is 18.2 Å². The van der Waals surface area contributed by atoms with Crippen LogP contribution in [0.3, 0.4) is 0 Å². The molecule has 0 unspecified atom stereocenters. The lowest BCUT2D eigenvalue weighted by Crippen LogP contribution is -2.38. The number of aromatic amines is 1. The predicted molar refractivity (Wildman–Crippen MR) is 112 cm³/mol. The van der Waals surface area contributed by atoms with Crippen molar-refractivity contribution in [2.24, 2.45) is 5.92 Å². The molecule has 1 aliphatic carbocycles. The molecule has 2 aliphatic rings. The van der Waals surface area contributed by atoms with Crippen molar-refractivity contribution in [1.29, 1.82) is 0 Å². The number of phenols is 1. The number of nitrogens with one attached hydrogen (secondary N) is 2. The maximum atomic E-state index is 13.1. The van der Waals surface area contributed by atoms with Crippen molar-refractivity contribution in [1.82, 2.24) is 9.97 Å². The number of nitrogens with zero attached hydrogens (tertiary/aromatic N) is 1. The Bertz CT molecular complexity index is 1050. The summed E-state index contributed by atoms with van der Waals surface area (Å²) >= 11 is 1.50. The van der Waals surface area contributed by atoms with Crippen molar-refractivity contribution < 1.29 is 14.6 Å². The molecule has 0 saturated carbocycles. The van der Waals surface area contributed by atoms with Gasteiger partial charge in [0.2, 0.25) is 0 Å². The van der Waals surface area contributed by atoms with E-state index in [9.17, 15) is 14.7 Å². The zero-order chi connectivity index (χ0) is 20.5. The molecule has 0 radical (unpaired) electrons. The molecule has 152 valence electrons. The van der Waals surface area contributed by atoms with E-state index in [4.69, 9.17) is 4.74 Å². The Balaban J connectivity index is 1.90. The zero-order valence-electron chi connectivity index (χ0n) is 16.3. The standard InChI is InChI=1S/C21H23N3O4S/c1-3-9-29-21-23-19-18(20(27)24-21)16(11-7-8-13(25)15(10-11)28-2)17-12(22-19)5-4-6-14(17)26/h5,7-8,10,16-17,25H,3-4,6,9H2,1-2H3,(H2,22,23,24,27)/t16-,17-/m0/s1. The Morgan fingerprint density at radius 2 is 2.14 bits per heavy atom. The van der Waals surface area contributed by atoms with Crippen LogP contribution in [0.2, 0.25) is 0 Å². The maximum Gasteiger partial charge on any atom is 0.257 e. The van der Waals surface area contributed by atoms with Gasteiger partial charge in [-0.25, -0.2) is 4.98 Å². The van der Waals surface area contributed by atoms with Crippen LogP contribution in [-0.4, -0.2) is 33.7 Å². The third-order valence-corrected chi connectivity index (χ3v) is 6.36. The Morgan fingerprint density at radius 1 is 1.31 bits per heavy atom. The van der Waals surface area contributed by atoms with Crippen molar-refractivity contribution in [3.05, 3.63) is 51.5 Å². The molecule has 3 N–H and O–H groups in total. The molecule has 29 heavy (non-hydrogen) atoms. The molecule has 7 nitrogen and oxygen atoms in total. The number of Topliss-reactive ketones (excluding diaryl/α,β-unsaturated/α-hetero) is 1. The Labute approximate surface area is 172 Å². The number of thioether (sulfide) groups is 1. The number of aromatic hydroxyl groups is 1. The number of aromatic nitrogens is 2. The summed E-state index contributed by atoms with van der Waals surface area (Å²) in [5, 5.41) is 13.8. The maximum absolute atomic E-state index is 13.1. The van der Waals surface area contributed by atoms with Crippen molar-refractivity contribution in [3.8, 4) is 11.5 Å². The number of anilines is 1. The van der Waals surface area contributed by atoms with Crippen LogP contribution in [0.1, 0.15) is 43.2 Å². The van der Waals surface area contributed by atoms with Crippen LogP contribution in [0.4, 0.5) is 5.82 Å². The predicted octanol–water partition coefficient (Wildman–Crippen LogP) is 3.41. The molecule has 4 rings (SSSR count). The fourth-order valence-electron chi connectivity index (χ4n) is 3.98. The van der Waals surface area contributed by atoms with Gasteiger partial charge < -0.3 is 20.1 Å². The molecule has 8 heteroatoms. The lowest BCUT2D eigenvalue weighted by molar-refractivity contribution is -0.122. The quantitative estimate of drug-likeness (QED) is 0.510. The number of hydrogen-bond acceptors (Lipinski definition) is 7. The minimum absolute atomic E-state index is 0.00879. The fraction of sp³-hybridized carbons (Fsp3) is 0.381. The molecule has 2 atom stereocenters. The molecule has 0 saturated heterocycles. The number of rotatable bonds is 5. The van der Waals surface area contributed by atoms with E-state index in [2.05, 4.69) is 22.2 Å². The zero-order valence-corrected chi connectivity index (χ0v) is 17.1. The molecule has 0 fully saturated rings. The average molecular weight is 413 g/mol. The molecule has 0 bridgehead atoms. The van der Waals surface area contributed by atoms with Crippen LogP contribution in [0, 0.1) is 5.92 Å². The Kier molecular flexibility index (Phi) is 5.36. The molecule has 1 aromatic heterocycles. The highest BCUT2D eigenvalue weighted by Crippen LogP contribution is 2.46. The van der Waals surface area contributed by atoms with E-state index in [0.29, 0.717) is 35.1 Å². The molecular formula is C21H23N3O4S. The first-order valence-electron chi connectivity index (χ1n) is 9.67. The number of hydrogen-bond donors (Lipinski definition) is 3. The Hall–Kier alpha value is -2.74. The first-order valence-corrected chi connectivity index (χ1v) is 10.7. The summed E-state index contributed by atoms with van der Waals surface area (Å²) in [4.78, 5) is 33.4. The highest BCUT2D eigenvalue weighted by Gasteiger charge is 2.42. The third-order valence-electron chi connectivity index (χ3n) is 5.28. The molecular weight excluding hydrogens is 390 g/mol. The second-order valence-corrected chi connectivity index (χ2v) is 8.24. The first kappa shape index (κ1) is 19.6. The topological polar surface area (TPSA) is 104 Å². The molecule has 2 heterocycles. The van der Waals surface area contributed by atoms with Gasteiger partial charge >= 0.3 is 0 Å². The van der Waals surface area contributed by atoms with Gasteiger partial charge in [0.15, 0.2) is 16.7 Å². The number of ketones is 1. The van der Waals surface area contributed by atoms with Crippen LogP contribution in [0.25, 0.3) is 0 Å². The summed E-state index contributed by atoms with van der Waals surface area (Å²) in [7, 11) is 1.47. The van der Waals surface area contributed by atoms with Gasteiger partial charge in [0.1, 0.15) is 11.6 Å². The van der Waals surface area contributed by atoms with Crippen LogP contribution in [-0.2, 0) is 4.79 Å². The van der Waals surface area contributed by atoms with Crippen molar-refractivity contribution in [3.63, 3.8) is 0 Å². The normalized spacial score (nSPS) is 20.3. The summed E-state index contributed by atoms with van der Waals surface area (Å²) in [6.45, 7) is 2.07. The summed E-state index contributed by atoms with van der Waals surface area (Å²) < 4.78 is 5.25. The Morgan fingerprint density at radius 3 is 2.90 bits per heavy atom. The molecule has 0 spiro atoms. The average Bonchev–Trinajstić information content (AvgIpc) is 2.71. The van der Waals surface area contributed by atoms with Gasteiger partial charge in [-0.15, -0.1) is 0 Å². The minimum Gasteiger partial charge on any atom is -0.504 e. The van der Waals surface area contributed by atoms with Crippen molar-refractivity contribution >= 4 is 23.4 Å². The number of allylic oxidation sites excluding steroid dienone is 2. The lowest BCUT2D eigenvalue weighted by atomic mass is 9.72. The SMILES string of the molecule is CCCSc1nc2c(c(=O)[nH]1)[C@@H](c1ccc(O)c(OC)c1)[C@@H]1C(=O)CCC=C1N2. The smallest absolute Gasteiger partial charge is 0.257 e. The third kappa shape index (κ3) is 3.53. The van der Waals surface area contributed by atoms with E-state index >= 15 is 0 Å². The molecule has 1 aliphatic heterocycles. The highest BCUT2D eigenvalue weighted by atomic mass is 32.2. The first-order chi connectivity index (χ1) is 14.0. The van der Waals surface area contributed by atoms with E-state index in [0.717, 1.165) is 23.4 Å². The minimum atomic E-state index is -0.499. The fourth-order valence-corrected chi connectivity index (χ4v) is 4.70. The number of benzene rings is 1. The molecule has 1 aromatic carbocycles. The number of H-pyrrole nitrogens is 1. The van der Waals surface area contributed by atoms with Gasteiger partial charge in [0.05, 0.1) is 18.6 Å². The van der Waals surface area contributed by atoms with Gasteiger partial charge in [0.25, 0.3) is 5.56 Å². The number of methoxy groups -OCH3 is 1. The number of fused-ring (bicyclic) bond motifs is 2. The lowest BCUT2D eigenvalue weighted by Gasteiger charge is -2.36. The highest BCUT2D eigenvalue weighted by molar-refractivity contribution is 7.99. The number of ether oxygens (including phenoxy) is 1. The van der Waals surface area contributed by atoms with E-state index < -0.39 is 11.8 Å². The summed E-state index contributed by atoms with van der Waals surface area (Å²) in [6.07, 6.45) is 4.09. The van der Waals surface area contributed by atoms with Crippen molar-refractivity contribution in [2.45, 2.75) is 37.3 Å². The molecule has 2 aromatic rings. The van der Waals surface area contributed by atoms with Gasteiger partial charge in [-0.05, 0) is 30.5 Å². The van der Waals surface area contributed by atoms with Crippen LogP contribution < -0.4 is 15.6 Å². The molecule has 0 amide bonds. The van der Waals surface area contributed by atoms with Gasteiger partial charge in [-0.3, -0.25) is 9.59 Å². The monoisotopic (exact) mass is 413 g/mol. The van der Waals surface area contributed by atoms with Crippen LogP contribution >= 0.6 is 11.8 Å². The number of carbonyl (C=O) groups is 1.